The van der Waals surface area contributed by atoms with Gasteiger partial charge in [-0.25, -0.2) is 4.39 Å². The van der Waals surface area contributed by atoms with E-state index in [0.717, 1.165) is 79.8 Å². The Labute approximate surface area is 207 Å². The summed E-state index contributed by atoms with van der Waals surface area (Å²) in [6.45, 7) is 2.42. The molecule has 4 heterocycles. The van der Waals surface area contributed by atoms with Crippen molar-refractivity contribution in [2.45, 2.75) is 44.4 Å². The van der Waals surface area contributed by atoms with Crippen molar-refractivity contribution in [2.24, 2.45) is 7.05 Å². The zero-order chi connectivity index (χ0) is 25.4. The van der Waals surface area contributed by atoms with Crippen LogP contribution in [0.2, 0.25) is 0 Å². The second-order valence-electron chi connectivity index (χ2n) is 9.53. The molecule has 1 saturated heterocycles. The van der Waals surface area contributed by atoms with Crippen LogP contribution in [0.4, 0.5) is 29.1 Å². The van der Waals surface area contributed by atoms with E-state index in [9.17, 15) is 17.6 Å². The molecule has 0 saturated carbocycles. The number of nitrogens with zero attached hydrogens (tertiary/aromatic N) is 6. The summed E-state index contributed by atoms with van der Waals surface area (Å²) in [7, 11) is 3.72. The number of nitrogens with one attached hydrogen (secondary N) is 1. The number of aryl methyl sites for hydroxylation is 1. The quantitative estimate of drug-likeness (QED) is 0.518. The number of anilines is 2. The molecule has 5 rings (SSSR count). The van der Waals surface area contributed by atoms with Crippen LogP contribution in [0, 0.1) is 5.82 Å². The van der Waals surface area contributed by atoms with Crippen molar-refractivity contribution < 1.29 is 17.6 Å². The van der Waals surface area contributed by atoms with Crippen molar-refractivity contribution in [3.05, 3.63) is 53.0 Å². The summed E-state index contributed by atoms with van der Waals surface area (Å²) in [5.74, 6) is -0.0517. The molecular weight excluding hydrogens is 474 g/mol. The summed E-state index contributed by atoms with van der Waals surface area (Å²) in [6.07, 6.45) is 0.632. The zero-order valence-corrected chi connectivity index (χ0v) is 20.3. The molecule has 1 N–H and O–H groups in total. The first-order valence-corrected chi connectivity index (χ1v) is 12.1. The van der Waals surface area contributed by atoms with Crippen molar-refractivity contribution in [1.82, 2.24) is 24.9 Å². The summed E-state index contributed by atoms with van der Waals surface area (Å²) in [5.41, 5.74) is 3.10. The van der Waals surface area contributed by atoms with Gasteiger partial charge in [-0.05, 0) is 56.5 Å². The Morgan fingerprint density at radius 1 is 1.14 bits per heavy atom. The highest BCUT2D eigenvalue weighted by Gasteiger charge is 2.35. The molecule has 192 valence electrons. The fourth-order valence-electron chi connectivity index (χ4n) is 5.27. The minimum atomic E-state index is -4.59. The van der Waals surface area contributed by atoms with Gasteiger partial charge in [-0.15, -0.1) is 10.2 Å². The van der Waals surface area contributed by atoms with Crippen LogP contribution in [-0.2, 0) is 26.2 Å². The Morgan fingerprint density at radius 3 is 2.61 bits per heavy atom. The number of alkyl halides is 3. The van der Waals surface area contributed by atoms with Crippen LogP contribution in [-0.4, -0.2) is 57.6 Å². The van der Waals surface area contributed by atoms with Crippen LogP contribution in [0.5, 0.6) is 0 Å². The normalized spacial score (nSPS) is 16.8. The molecule has 36 heavy (non-hydrogen) atoms. The van der Waals surface area contributed by atoms with Gasteiger partial charge in [0.2, 0.25) is 0 Å². The molecule has 2 aromatic heterocycles. The van der Waals surface area contributed by atoms with Crippen molar-refractivity contribution in [3.63, 3.8) is 0 Å². The van der Waals surface area contributed by atoms with Gasteiger partial charge in [0.05, 0.1) is 16.9 Å². The predicted molar refractivity (Wildman–Crippen MR) is 129 cm³/mol. The van der Waals surface area contributed by atoms with Gasteiger partial charge in [-0.3, -0.25) is 9.58 Å². The van der Waals surface area contributed by atoms with Gasteiger partial charge in [0.15, 0.2) is 5.82 Å². The first kappa shape index (κ1) is 24.5. The summed E-state index contributed by atoms with van der Waals surface area (Å²) < 4.78 is 55.5. The second kappa shape index (κ2) is 9.68. The third-order valence-electron chi connectivity index (χ3n) is 7.21. The van der Waals surface area contributed by atoms with E-state index in [1.807, 2.05) is 25.1 Å². The third kappa shape index (κ3) is 4.76. The number of hydrogen-bond donors (Lipinski definition) is 1. The van der Waals surface area contributed by atoms with Crippen molar-refractivity contribution in [1.29, 1.82) is 0 Å². The number of hydrogen-bond acceptors (Lipinski definition) is 6. The first-order valence-electron chi connectivity index (χ1n) is 12.1. The van der Waals surface area contributed by atoms with Crippen LogP contribution < -0.4 is 10.2 Å². The molecule has 0 aliphatic carbocycles. The van der Waals surface area contributed by atoms with Crippen molar-refractivity contribution in [2.75, 3.05) is 36.9 Å². The number of rotatable bonds is 5. The lowest BCUT2D eigenvalue weighted by Gasteiger charge is -2.38. The molecule has 0 bridgehead atoms. The number of piperidine rings is 1. The van der Waals surface area contributed by atoms with Crippen LogP contribution in [0.25, 0.3) is 11.4 Å². The fourth-order valence-corrected chi connectivity index (χ4v) is 5.27. The summed E-state index contributed by atoms with van der Waals surface area (Å²) in [4.78, 5) is 4.14. The number of halogens is 4. The maximum absolute atomic E-state index is 13.5. The first-order chi connectivity index (χ1) is 17.2. The molecule has 1 fully saturated rings. The van der Waals surface area contributed by atoms with Crippen LogP contribution in [0.15, 0.2) is 30.5 Å². The highest BCUT2D eigenvalue weighted by Crippen LogP contribution is 2.38. The predicted octanol–water partition coefficient (Wildman–Crippen LogP) is 4.49. The average Bonchev–Trinajstić information content (AvgIpc) is 3.29. The third-order valence-corrected chi connectivity index (χ3v) is 7.21. The Bertz CT molecular complexity index is 1230. The Kier molecular flexibility index (Phi) is 6.59. The SMILES string of the molecule is CN(Cc1ccc(F)cc1C(F)(F)F)C1CCN(c2nnc(-c3ccnn3C)c3c2NCCC3)CC1. The maximum atomic E-state index is 13.5. The van der Waals surface area contributed by atoms with E-state index in [1.54, 1.807) is 10.9 Å². The molecule has 1 aromatic carbocycles. The van der Waals surface area contributed by atoms with E-state index in [1.165, 1.54) is 6.07 Å². The number of benzene rings is 1. The lowest BCUT2D eigenvalue weighted by Crippen LogP contribution is -2.44. The minimum absolute atomic E-state index is 0.0868. The van der Waals surface area contributed by atoms with E-state index in [-0.39, 0.29) is 18.2 Å². The highest BCUT2D eigenvalue weighted by atomic mass is 19.4. The van der Waals surface area contributed by atoms with Gasteiger partial charge >= 0.3 is 6.18 Å². The lowest BCUT2D eigenvalue weighted by atomic mass is 9.98. The second-order valence-corrected chi connectivity index (χ2v) is 9.53. The van der Waals surface area contributed by atoms with E-state index >= 15 is 0 Å². The summed E-state index contributed by atoms with van der Waals surface area (Å²) in [6, 6.07) is 4.95. The molecule has 3 aromatic rings. The topological polar surface area (TPSA) is 62.1 Å². The number of fused-ring (bicyclic) bond motifs is 1. The molecule has 0 amide bonds. The van der Waals surface area contributed by atoms with Crippen LogP contribution in [0.1, 0.15) is 36.0 Å². The molecule has 2 aliphatic rings. The van der Waals surface area contributed by atoms with E-state index in [0.29, 0.717) is 6.07 Å². The Balaban J connectivity index is 1.30. The molecule has 0 radical (unpaired) electrons. The maximum Gasteiger partial charge on any atom is 0.416 e. The van der Waals surface area contributed by atoms with Crippen molar-refractivity contribution >= 4 is 11.5 Å². The zero-order valence-electron chi connectivity index (χ0n) is 20.3. The van der Waals surface area contributed by atoms with Gasteiger partial charge in [0.25, 0.3) is 0 Å². The molecule has 0 atom stereocenters. The van der Waals surface area contributed by atoms with E-state index < -0.39 is 17.6 Å². The molecule has 11 heteroatoms. The Morgan fingerprint density at radius 2 is 1.92 bits per heavy atom. The highest BCUT2D eigenvalue weighted by molar-refractivity contribution is 5.77. The van der Waals surface area contributed by atoms with Gasteiger partial charge in [-0.1, -0.05) is 6.07 Å². The molecule has 0 unspecified atom stereocenters. The van der Waals surface area contributed by atoms with Gasteiger partial charge < -0.3 is 10.2 Å². The molecule has 2 aliphatic heterocycles. The molecule has 7 nitrogen and oxygen atoms in total. The largest absolute Gasteiger partial charge is 0.416 e. The van der Waals surface area contributed by atoms with Gasteiger partial charge in [0.1, 0.15) is 11.5 Å². The molecular formula is C25H29F4N7. The van der Waals surface area contributed by atoms with E-state index in [4.69, 9.17) is 0 Å². The van der Waals surface area contributed by atoms with Gasteiger partial charge in [0, 0.05) is 51.0 Å². The van der Waals surface area contributed by atoms with Gasteiger partial charge in [-0.2, -0.15) is 18.3 Å². The lowest BCUT2D eigenvalue weighted by molar-refractivity contribution is -0.138. The monoisotopic (exact) mass is 503 g/mol. The van der Waals surface area contributed by atoms with Crippen LogP contribution >= 0.6 is 0 Å². The number of aromatic nitrogens is 4. The van der Waals surface area contributed by atoms with Crippen LogP contribution in [0.3, 0.4) is 0 Å². The summed E-state index contributed by atoms with van der Waals surface area (Å²) >= 11 is 0. The smallest absolute Gasteiger partial charge is 0.382 e. The van der Waals surface area contributed by atoms with Crippen molar-refractivity contribution in [3.8, 4) is 11.4 Å². The standard InChI is InChI=1S/C25H29F4N7/c1-34(15-16-5-6-17(26)14-20(16)25(27,28)29)18-8-12-36(13-9-18)24-23-19(4-3-10-30-23)22(32-33-24)21-7-11-31-35(21)2/h5-7,11,14,18,30H,3-4,8-10,12-13,15H2,1-2H3. The average molecular weight is 504 g/mol. The molecule has 0 spiro atoms. The Hall–Kier alpha value is -3.21. The van der Waals surface area contributed by atoms with E-state index in [2.05, 4.69) is 25.5 Å². The fraction of sp³-hybridized carbons (Fsp3) is 0.480. The minimum Gasteiger partial charge on any atom is -0.382 e. The summed E-state index contributed by atoms with van der Waals surface area (Å²) in [5, 5.41) is 17.0.